The van der Waals surface area contributed by atoms with E-state index >= 15 is 0 Å². The van der Waals surface area contributed by atoms with Gasteiger partial charge in [-0.1, -0.05) is 12.1 Å². The molecule has 0 aliphatic heterocycles. The number of rotatable bonds is 6. The van der Waals surface area contributed by atoms with Crippen molar-refractivity contribution >= 4 is 23.0 Å². The first kappa shape index (κ1) is 15.2. The summed E-state index contributed by atoms with van der Waals surface area (Å²) in [6.45, 7) is 1.85. The van der Waals surface area contributed by atoms with Crippen LogP contribution >= 0.6 is 11.3 Å². The molecule has 0 unspecified atom stereocenters. The molecule has 0 aliphatic rings. The van der Waals surface area contributed by atoms with Gasteiger partial charge in [-0.3, -0.25) is 15.0 Å². The van der Waals surface area contributed by atoms with Crippen molar-refractivity contribution in [1.29, 1.82) is 0 Å². The van der Waals surface area contributed by atoms with Crippen LogP contribution in [0, 0.1) is 0 Å². The number of nitrogens with two attached hydrogens (primary N) is 1. The van der Waals surface area contributed by atoms with Crippen LogP contribution in [0.25, 0.3) is 0 Å². The van der Waals surface area contributed by atoms with E-state index < -0.39 is 0 Å². The van der Waals surface area contributed by atoms with E-state index in [-0.39, 0.29) is 18.3 Å². The molecule has 21 heavy (non-hydrogen) atoms. The third-order valence-electron chi connectivity index (χ3n) is 2.85. The summed E-state index contributed by atoms with van der Waals surface area (Å²) in [5.41, 5.74) is 3.86. The lowest BCUT2D eigenvalue weighted by molar-refractivity contribution is -0.116. The molecule has 3 N–H and O–H groups in total. The number of hydrogen-bond acceptors (Lipinski definition) is 5. The van der Waals surface area contributed by atoms with Crippen LogP contribution in [-0.2, 0) is 17.8 Å². The molecule has 0 bridgehead atoms. The molecule has 0 spiro atoms. The highest BCUT2D eigenvalue weighted by Crippen LogP contribution is 2.20. The number of carbonyl (C=O) groups excluding carboxylic acids is 2. The number of hydrazine groups is 1. The van der Waals surface area contributed by atoms with Crippen molar-refractivity contribution in [2.24, 2.45) is 5.84 Å². The standard InChI is InChI=1S/C15H16N2O3S/c1-10(18)8-11-2-4-13(5-3-11)20-9-12-6-7-21-14(12)15(19)17-16/h2-7H,8-9,16H2,1H3,(H,17,19). The molecule has 5 nitrogen and oxygen atoms in total. The number of nitrogens with one attached hydrogen (secondary N) is 1. The highest BCUT2D eigenvalue weighted by molar-refractivity contribution is 7.12. The zero-order valence-electron chi connectivity index (χ0n) is 11.6. The van der Waals surface area contributed by atoms with E-state index in [1.54, 1.807) is 6.92 Å². The fourth-order valence-corrected chi connectivity index (χ4v) is 2.68. The summed E-state index contributed by atoms with van der Waals surface area (Å²) in [4.78, 5) is 23.1. The van der Waals surface area contributed by atoms with Crippen molar-refractivity contribution in [1.82, 2.24) is 5.43 Å². The van der Waals surface area contributed by atoms with Crippen molar-refractivity contribution < 1.29 is 14.3 Å². The number of amides is 1. The number of carbonyl (C=O) groups is 2. The summed E-state index contributed by atoms with van der Waals surface area (Å²) in [5, 5.41) is 1.82. The van der Waals surface area contributed by atoms with E-state index in [2.05, 4.69) is 5.43 Å². The van der Waals surface area contributed by atoms with Crippen LogP contribution in [0.15, 0.2) is 35.7 Å². The molecule has 0 radical (unpaired) electrons. The topological polar surface area (TPSA) is 81.4 Å². The van der Waals surface area contributed by atoms with Gasteiger partial charge in [0.05, 0.1) is 4.88 Å². The normalized spacial score (nSPS) is 10.2. The summed E-state index contributed by atoms with van der Waals surface area (Å²) < 4.78 is 5.65. The maximum absolute atomic E-state index is 11.5. The van der Waals surface area contributed by atoms with E-state index in [1.165, 1.54) is 11.3 Å². The molecule has 1 aromatic carbocycles. The Balaban J connectivity index is 1.98. The second-order valence-electron chi connectivity index (χ2n) is 4.56. The number of nitrogen functional groups attached to an aromatic ring is 1. The molecule has 0 saturated carbocycles. The molecule has 1 aromatic heterocycles. The molecule has 0 fully saturated rings. The summed E-state index contributed by atoms with van der Waals surface area (Å²) in [6, 6.07) is 9.18. The molecule has 0 atom stereocenters. The molecule has 110 valence electrons. The van der Waals surface area contributed by atoms with E-state index in [0.717, 1.165) is 11.1 Å². The molecule has 0 saturated heterocycles. The van der Waals surface area contributed by atoms with Gasteiger partial charge in [0.2, 0.25) is 0 Å². The zero-order chi connectivity index (χ0) is 15.2. The summed E-state index contributed by atoms with van der Waals surface area (Å²) >= 11 is 1.32. The first-order valence-electron chi connectivity index (χ1n) is 6.38. The highest BCUT2D eigenvalue weighted by Gasteiger charge is 2.12. The minimum atomic E-state index is -0.319. The SMILES string of the molecule is CC(=O)Cc1ccc(OCc2ccsc2C(=O)NN)cc1. The lowest BCUT2D eigenvalue weighted by Crippen LogP contribution is -2.30. The van der Waals surface area contributed by atoms with Crippen molar-refractivity contribution in [2.45, 2.75) is 20.0 Å². The quantitative estimate of drug-likeness (QED) is 0.486. The molecule has 1 amide bonds. The van der Waals surface area contributed by atoms with Crippen molar-refractivity contribution in [2.75, 3.05) is 0 Å². The molecular formula is C15H16N2O3S. The van der Waals surface area contributed by atoms with Gasteiger partial charge in [-0.05, 0) is 36.1 Å². The van der Waals surface area contributed by atoms with Crippen LogP contribution in [0.1, 0.15) is 27.7 Å². The second-order valence-corrected chi connectivity index (χ2v) is 5.48. The van der Waals surface area contributed by atoms with Gasteiger partial charge in [-0.2, -0.15) is 0 Å². The molecular weight excluding hydrogens is 288 g/mol. The average molecular weight is 304 g/mol. The van der Waals surface area contributed by atoms with Gasteiger partial charge >= 0.3 is 0 Å². The smallest absolute Gasteiger partial charge is 0.275 e. The van der Waals surface area contributed by atoms with Gasteiger partial charge in [0.25, 0.3) is 5.91 Å². The summed E-state index contributed by atoms with van der Waals surface area (Å²) in [7, 11) is 0. The summed E-state index contributed by atoms with van der Waals surface area (Å²) in [5.74, 6) is 5.63. The van der Waals surface area contributed by atoms with Gasteiger partial charge in [-0.15, -0.1) is 11.3 Å². The van der Waals surface area contributed by atoms with Crippen molar-refractivity contribution in [3.05, 3.63) is 51.7 Å². The lowest BCUT2D eigenvalue weighted by Gasteiger charge is -2.07. The summed E-state index contributed by atoms with van der Waals surface area (Å²) in [6.07, 6.45) is 0.422. The highest BCUT2D eigenvalue weighted by atomic mass is 32.1. The largest absolute Gasteiger partial charge is 0.489 e. The minimum absolute atomic E-state index is 0.124. The number of ether oxygens (including phenoxy) is 1. The van der Waals surface area contributed by atoms with Gasteiger partial charge in [-0.25, -0.2) is 5.84 Å². The van der Waals surface area contributed by atoms with E-state index in [4.69, 9.17) is 10.6 Å². The van der Waals surface area contributed by atoms with Gasteiger partial charge < -0.3 is 4.74 Å². The fourth-order valence-electron chi connectivity index (χ4n) is 1.87. The van der Waals surface area contributed by atoms with Gasteiger partial charge in [0.1, 0.15) is 18.1 Å². The first-order valence-corrected chi connectivity index (χ1v) is 7.26. The van der Waals surface area contributed by atoms with Crippen LogP contribution in [0.2, 0.25) is 0 Å². The molecule has 2 rings (SSSR count). The second kappa shape index (κ2) is 7.01. The van der Waals surface area contributed by atoms with Crippen LogP contribution in [0.5, 0.6) is 5.75 Å². The lowest BCUT2D eigenvalue weighted by atomic mass is 10.1. The predicted molar refractivity (Wildman–Crippen MR) is 81.1 cm³/mol. The minimum Gasteiger partial charge on any atom is -0.489 e. The Bertz CT molecular complexity index is 635. The van der Waals surface area contributed by atoms with Crippen molar-refractivity contribution in [3.63, 3.8) is 0 Å². The monoisotopic (exact) mass is 304 g/mol. The Kier molecular flexibility index (Phi) is 5.08. The van der Waals surface area contributed by atoms with Crippen LogP contribution in [0.3, 0.4) is 0 Å². The third kappa shape index (κ3) is 4.14. The van der Waals surface area contributed by atoms with Crippen LogP contribution in [-0.4, -0.2) is 11.7 Å². The average Bonchev–Trinajstić information content (AvgIpc) is 2.93. The zero-order valence-corrected chi connectivity index (χ0v) is 12.4. The molecule has 1 heterocycles. The number of ketones is 1. The Morgan fingerprint density at radius 2 is 1.95 bits per heavy atom. The van der Waals surface area contributed by atoms with Gasteiger partial charge in [0, 0.05) is 12.0 Å². The van der Waals surface area contributed by atoms with E-state index in [1.807, 2.05) is 35.7 Å². The van der Waals surface area contributed by atoms with Gasteiger partial charge in [0.15, 0.2) is 0 Å². The van der Waals surface area contributed by atoms with E-state index in [0.29, 0.717) is 17.0 Å². The number of hydrogen-bond donors (Lipinski definition) is 2. The first-order chi connectivity index (χ1) is 10.1. The van der Waals surface area contributed by atoms with Crippen LogP contribution in [0.4, 0.5) is 0 Å². The maximum atomic E-state index is 11.5. The Morgan fingerprint density at radius 1 is 1.24 bits per heavy atom. The molecule has 0 aliphatic carbocycles. The van der Waals surface area contributed by atoms with Crippen LogP contribution < -0.4 is 16.0 Å². The Labute approximate surface area is 126 Å². The third-order valence-corrected chi connectivity index (χ3v) is 3.81. The predicted octanol–water partition coefficient (Wildman–Crippen LogP) is 2.06. The van der Waals surface area contributed by atoms with E-state index in [9.17, 15) is 9.59 Å². The Morgan fingerprint density at radius 3 is 2.57 bits per heavy atom. The maximum Gasteiger partial charge on any atom is 0.275 e. The Hall–Kier alpha value is -2.18. The number of thiophene rings is 1. The number of Topliss-reactive ketones (excluding diaryl/α,β-unsaturated/α-hetero) is 1. The fraction of sp³-hybridized carbons (Fsp3) is 0.200. The molecule has 6 heteroatoms. The molecule has 2 aromatic rings. The number of benzene rings is 1. The van der Waals surface area contributed by atoms with Crippen molar-refractivity contribution in [3.8, 4) is 5.75 Å².